The molecule has 1 amide bonds. The largest absolute Gasteiger partial charge is 0.291 e. The number of amides is 1. The first kappa shape index (κ1) is 18.8. The number of nitrogens with zero attached hydrogens (tertiary/aromatic N) is 4. The molecule has 1 aromatic carbocycles. The van der Waals surface area contributed by atoms with Gasteiger partial charge in [-0.3, -0.25) is 9.89 Å². The van der Waals surface area contributed by atoms with Crippen molar-refractivity contribution in [1.29, 1.82) is 0 Å². The van der Waals surface area contributed by atoms with E-state index in [2.05, 4.69) is 25.8 Å². The second-order valence-corrected chi connectivity index (χ2v) is 7.90. The highest BCUT2D eigenvalue weighted by molar-refractivity contribution is 7.15. The van der Waals surface area contributed by atoms with Crippen LogP contribution in [0.2, 0.25) is 0 Å². The van der Waals surface area contributed by atoms with Gasteiger partial charge in [0.25, 0.3) is 5.91 Å². The molecule has 3 heterocycles. The van der Waals surface area contributed by atoms with E-state index >= 15 is 0 Å². The molecule has 4 rings (SSSR count). The molecule has 0 atom stereocenters. The van der Waals surface area contributed by atoms with Crippen LogP contribution in [0.3, 0.4) is 0 Å². The van der Waals surface area contributed by atoms with Crippen LogP contribution in [0.15, 0.2) is 53.6 Å². The second kappa shape index (κ2) is 7.84. The van der Waals surface area contributed by atoms with Gasteiger partial charge in [0.05, 0.1) is 33.9 Å². The molecule has 2 N–H and O–H groups in total. The average Bonchev–Trinajstić information content (AvgIpc) is 3.43. The van der Waals surface area contributed by atoms with Crippen molar-refractivity contribution in [3.8, 4) is 16.3 Å². The monoisotopic (exact) mass is 404 g/mol. The number of carbonyl (C=O) groups is 1. The molecule has 0 radical (unpaired) electrons. The fraction of sp³-hybridized carbons (Fsp3) is 0.143. The molecular formula is C21H20N6OS. The third kappa shape index (κ3) is 3.88. The van der Waals surface area contributed by atoms with Gasteiger partial charge in [-0.2, -0.15) is 15.3 Å². The summed E-state index contributed by atoms with van der Waals surface area (Å²) < 4.78 is 1.86. The van der Waals surface area contributed by atoms with Crippen molar-refractivity contribution in [1.82, 2.24) is 25.4 Å². The molecule has 8 heteroatoms. The lowest BCUT2D eigenvalue weighted by Gasteiger charge is -2.03. The van der Waals surface area contributed by atoms with Crippen LogP contribution in [0.25, 0.3) is 16.3 Å². The molecule has 4 aromatic rings. The first-order valence-corrected chi connectivity index (χ1v) is 9.92. The number of hydrazone groups is 1. The molecule has 7 nitrogen and oxygen atoms in total. The van der Waals surface area contributed by atoms with Gasteiger partial charge in [0.15, 0.2) is 5.69 Å². The Labute approximate surface area is 172 Å². The Kier molecular flexibility index (Phi) is 5.09. The Bertz CT molecular complexity index is 1190. The molecule has 0 saturated heterocycles. The molecular weight excluding hydrogens is 384 g/mol. The normalized spacial score (nSPS) is 11.3. The fourth-order valence-corrected chi connectivity index (χ4v) is 3.85. The molecule has 3 aromatic heterocycles. The minimum Gasteiger partial charge on any atom is -0.276 e. The number of aromatic amines is 1. The standard InChI is InChI=1S/C21H20N6OS/c1-13-9-10-20(29-13)18-11-19(24-23-18)21(28)25-22-12-17-14(2)26-27(15(17)3)16-7-5-4-6-8-16/h4-12H,1-3H3,(H,23,24)(H,25,28)/b22-12+. The molecule has 0 unspecified atom stereocenters. The smallest absolute Gasteiger partial charge is 0.276 e. The summed E-state index contributed by atoms with van der Waals surface area (Å²) in [7, 11) is 0. The number of thiophene rings is 1. The topological polar surface area (TPSA) is 88.0 Å². The van der Waals surface area contributed by atoms with Crippen molar-refractivity contribution in [3.05, 3.63) is 76.1 Å². The Morgan fingerprint density at radius 1 is 1.17 bits per heavy atom. The number of aromatic nitrogens is 4. The first-order valence-electron chi connectivity index (χ1n) is 9.10. The van der Waals surface area contributed by atoms with Crippen molar-refractivity contribution < 1.29 is 4.79 Å². The number of nitrogens with one attached hydrogen (secondary N) is 2. The summed E-state index contributed by atoms with van der Waals surface area (Å²) in [5.74, 6) is -0.372. The lowest BCUT2D eigenvalue weighted by atomic mass is 10.2. The van der Waals surface area contributed by atoms with E-state index in [0.29, 0.717) is 0 Å². The van der Waals surface area contributed by atoms with Gasteiger partial charge in [-0.05, 0) is 51.1 Å². The Morgan fingerprint density at radius 3 is 2.69 bits per heavy atom. The zero-order valence-corrected chi connectivity index (χ0v) is 17.1. The Hall–Kier alpha value is -3.52. The summed E-state index contributed by atoms with van der Waals surface area (Å²) in [4.78, 5) is 14.6. The second-order valence-electron chi connectivity index (χ2n) is 6.61. The van der Waals surface area contributed by atoms with Crippen molar-refractivity contribution in [2.75, 3.05) is 0 Å². The van der Waals surface area contributed by atoms with Crippen molar-refractivity contribution in [2.45, 2.75) is 20.8 Å². The van der Waals surface area contributed by atoms with E-state index in [1.54, 1.807) is 23.6 Å². The zero-order valence-electron chi connectivity index (χ0n) is 16.3. The molecule has 146 valence electrons. The third-order valence-corrected chi connectivity index (χ3v) is 5.56. The van der Waals surface area contributed by atoms with Crippen LogP contribution in [-0.4, -0.2) is 32.1 Å². The molecule has 29 heavy (non-hydrogen) atoms. The molecule has 0 aliphatic heterocycles. The summed E-state index contributed by atoms with van der Waals surface area (Å²) in [5, 5.41) is 15.7. The minimum absolute atomic E-state index is 0.289. The number of hydrogen-bond donors (Lipinski definition) is 2. The van der Waals surface area contributed by atoms with E-state index in [1.165, 1.54) is 4.88 Å². The summed E-state index contributed by atoms with van der Waals surface area (Å²) >= 11 is 1.64. The van der Waals surface area contributed by atoms with Crippen molar-refractivity contribution in [3.63, 3.8) is 0 Å². The van der Waals surface area contributed by atoms with Crippen LogP contribution >= 0.6 is 11.3 Å². The third-order valence-electron chi connectivity index (χ3n) is 4.52. The van der Waals surface area contributed by atoms with Crippen LogP contribution in [-0.2, 0) is 0 Å². The first-order chi connectivity index (χ1) is 14.0. The maximum Gasteiger partial charge on any atom is 0.291 e. The Balaban J connectivity index is 1.47. The van der Waals surface area contributed by atoms with E-state index < -0.39 is 0 Å². The number of rotatable bonds is 5. The highest BCUT2D eigenvalue weighted by Crippen LogP contribution is 2.26. The average molecular weight is 404 g/mol. The minimum atomic E-state index is -0.372. The van der Waals surface area contributed by atoms with Gasteiger partial charge in [0.1, 0.15) is 0 Å². The zero-order chi connectivity index (χ0) is 20.4. The lowest BCUT2D eigenvalue weighted by Crippen LogP contribution is -2.18. The summed E-state index contributed by atoms with van der Waals surface area (Å²) in [5.41, 5.74) is 7.26. The van der Waals surface area contributed by atoms with E-state index in [0.717, 1.165) is 33.2 Å². The van der Waals surface area contributed by atoms with Gasteiger partial charge in [0.2, 0.25) is 0 Å². The van der Waals surface area contributed by atoms with Gasteiger partial charge in [0, 0.05) is 10.4 Å². The quantitative estimate of drug-likeness (QED) is 0.389. The van der Waals surface area contributed by atoms with Crippen LogP contribution < -0.4 is 5.43 Å². The predicted octanol–water partition coefficient (Wildman–Crippen LogP) is 4.01. The molecule has 0 spiro atoms. The summed E-state index contributed by atoms with van der Waals surface area (Å²) in [6.07, 6.45) is 1.62. The van der Waals surface area contributed by atoms with Crippen LogP contribution in [0, 0.1) is 20.8 Å². The molecule has 0 saturated carbocycles. The van der Waals surface area contributed by atoms with Crippen LogP contribution in [0.1, 0.15) is 32.3 Å². The highest BCUT2D eigenvalue weighted by Gasteiger charge is 2.13. The number of H-pyrrole nitrogens is 1. The Morgan fingerprint density at radius 2 is 1.97 bits per heavy atom. The van der Waals surface area contributed by atoms with Crippen molar-refractivity contribution in [2.24, 2.45) is 5.10 Å². The SMILES string of the molecule is Cc1ccc(-c2cc(C(=O)N/N=C/c3c(C)nn(-c4ccccc4)c3C)n[nH]2)s1. The highest BCUT2D eigenvalue weighted by atomic mass is 32.1. The van der Waals surface area contributed by atoms with Crippen LogP contribution in [0.5, 0.6) is 0 Å². The number of aryl methyl sites for hydroxylation is 2. The van der Waals surface area contributed by atoms with Gasteiger partial charge in [-0.15, -0.1) is 11.3 Å². The van der Waals surface area contributed by atoms with E-state index in [1.807, 2.05) is 67.9 Å². The van der Waals surface area contributed by atoms with Crippen LogP contribution in [0.4, 0.5) is 0 Å². The summed E-state index contributed by atoms with van der Waals surface area (Å²) in [6, 6.07) is 15.6. The van der Waals surface area contributed by atoms with Gasteiger partial charge in [-0.25, -0.2) is 10.1 Å². The van der Waals surface area contributed by atoms with Gasteiger partial charge < -0.3 is 0 Å². The maximum absolute atomic E-state index is 12.4. The molecule has 0 aliphatic rings. The number of hydrogen-bond acceptors (Lipinski definition) is 5. The molecule has 0 fully saturated rings. The lowest BCUT2D eigenvalue weighted by molar-refractivity contribution is 0.0950. The number of carbonyl (C=O) groups excluding carboxylic acids is 1. The van der Waals surface area contributed by atoms with E-state index in [4.69, 9.17) is 0 Å². The molecule has 0 bridgehead atoms. The number of para-hydroxylation sites is 1. The fourth-order valence-electron chi connectivity index (χ4n) is 3.02. The van der Waals surface area contributed by atoms with Gasteiger partial charge >= 0.3 is 0 Å². The summed E-state index contributed by atoms with van der Waals surface area (Å²) in [6.45, 7) is 5.93. The number of benzene rings is 1. The van der Waals surface area contributed by atoms with E-state index in [-0.39, 0.29) is 11.6 Å². The predicted molar refractivity (Wildman–Crippen MR) is 115 cm³/mol. The van der Waals surface area contributed by atoms with Crippen molar-refractivity contribution >= 4 is 23.5 Å². The molecule has 0 aliphatic carbocycles. The van der Waals surface area contributed by atoms with E-state index in [9.17, 15) is 4.79 Å². The van der Waals surface area contributed by atoms with Gasteiger partial charge in [-0.1, -0.05) is 18.2 Å². The maximum atomic E-state index is 12.4.